The third-order valence-electron chi connectivity index (χ3n) is 2.69. The van der Waals surface area contributed by atoms with Gasteiger partial charge in [-0.3, -0.25) is 0 Å². The van der Waals surface area contributed by atoms with Crippen molar-refractivity contribution in [2.75, 3.05) is 12.4 Å². The van der Waals surface area contributed by atoms with Gasteiger partial charge in [0, 0.05) is 0 Å². The van der Waals surface area contributed by atoms with Crippen molar-refractivity contribution in [1.29, 1.82) is 0 Å². The molecule has 1 aromatic rings. The van der Waals surface area contributed by atoms with Gasteiger partial charge in [-0.1, -0.05) is 43.7 Å². The van der Waals surface area contributed by atoms with Crippen LogP contribution in [0.3, 0.4) is 0 Å². The van der Waals surface area contributed by atoms with Gasteiger partial charge in [0.1, 0.15) is 0 Å². The standard InChI is InChI=1S/C13H20OS/c1-3-12(10-15)9-14-11(2)13-7-5-4-6-8-13/h4-8,11-12,15H,3,9-10H2,1-2H3. The molecule has 0 amide bonds. The summed E-state index contributed by atoms with van der Waals surface area (Å²) in [6.07, 6.45) is 1.31. The van der Waals surface area contributed by atoms with Crippen LogP contribution in [-0.2, 0) is 4.74 Å². The van der Waals surface area contributed by atoms with Gasteiger partial charge in [-0.25, -0.2) is 0 Å². The second-order valence-corrected chi connectivity index (χ2v) is 4.21. The van der Waals surface area contributed by atoms with E-state index in [4.69, 9.17) is 4.74 Å². The lowest BCUT2D eigenvalue weighted by Crippen LogP contribution is -2.12. The fourth-order valence-electron chi connectivity index (χ4n) is 1.40. The molecule has 0 saturated carbocycles. The minimum Gasteiger partial charge on any atom is -0.374 e. The highest BCUT2D eigenvalue weighted by molar-refractivity contribution is 7.80. The highest BCUT2D eigenvalue weighted by atomic mass is 32.1. The van der Waals surface area contributed by atoms with Crippen LogP contribution in [0, 0.1) is 5.92 Å². The zero-order chi connectivity index (χ0) is 11.1. The molecule has 0 spiro atoms. The third-order valence-corrected chi connectivity index (χ3v) is 3.20. The molecule has 1 aromatic carbocycles. The fourth-order valence-corrected chi connectivity index (χ4v) is 1.76. The average Bonchev–Trinajstić information content (AvgIpc) is 2.31. The monoisotopic (exact) mass is 224 g/mol. The number of rotatable bonds is 6. The largest absolute Gasteiger partial charge is 0.374 e. The van der Waals surface area contributed by atoms with Crippen LogP contribution in [0.5, 0.6) is 0 Å². The molecule has 0 N–H and O–H groups in total. The first-order valence-electron chi connectivity index (χ1n) is 5.55. The van der Waals surface area contributed by atoms with Gasteiger partial charge in [0.25, 0.3) is 0 Å². The molecule has 0 aliphatic heterocycles. The van der Waals surface area contributed by atoms with E-state index in [9.17, 15) is 0 Å². The molecule has 2 atom stereocenters. The molecule has 2 heteroatoms. The van der Waals surface area contributed by atoms with E-state index in [1.165, 1.54) is 5.56 Å². The lowest BCUT2D eigenvalue weighted by atomic mass is 10.1. The summed E-state index contributed by atoms with van der Waals surface area (Å²) < 4.78 is 5.82. The molecule has 0 radical (unpaired) electrons. The van der Waals surface area contributed by atoms with E-state index in [2.05, 4.69) is 38.6 Å². The smallest absolute Gasteiger partial charge is 0.0796 e. The Morgan fingerprint density at radius 3 is 2.47 bits per heavy atom. The minimum atomic E-state index is 0.181. The molecule has 0 aromatic heterocycles. The van der Waals surface area contributed by atoms with Gasteiger partial charge < -0.3 is 4.74 Å². The zero-order valence-electron chi connectivity index (χ0n) is 9.52. The van der Waals surface area contributed by atoms with Crippen LogP contribution in [0.25, 0.3) is 0 Å². The van der Waals surface area contributed by atoms with Crippen molar-refractivity contribution >= 4 is 12.6 Å². The molecule has 0 saturated heterocycles. The lowest BCUT2D eigenvalue weighted by molar-refractivity contribution is 0.0435. The molecule has 1 nitrogen and oxygen atoms in total. The third kappa shape index (κ3) is 4.27. The van der Waals surface area contributed by atoms with E-state index >= 15 is 0 Å². The summed E-state index contributed by atoms with van der Waals surface area (Å²) in [6.45, 7) is 5.08. The predicted octanol–water partition coefficient (Wildman–Crippen LogP) is 3.72. The molecule has 0 aliphatic carbocycles. The van der Waals surface area contributed by atoms with E-state index in [0.29, 0.717) is 5.92 Å². The van der Waals surface area contributed by atoms with Crippen LogP contribution in [0.4, 0.5) is 0 Å². The van der Waals surface area contributed by atoms with Gasteiger partial charge in [-0.2, -0.15) is 12.6 Å². The Kier molecular flexibility index (Phi) is 5.81. The Labute approximate surface area is 98.3 Å². The van der Waals surface area contributed by atoms with Crippen LogP contribution in [-0.4, -0.2) is 12.4 Å². The second kappa shape index (κ2) is 6.91. The topological polar surface area (TPSA) is 9.23 Å². The highest BCUT2D eigenvalue weighted by Gasteiger charge is 2.09. The van der Waals surface area contributed by atoms with Crippen molar-refractivity contribution in [3.05, 3.63) is 35.9 Å². The number of hydrogen-bond acceptors (Lipinski definition) is 2. The first-order chi connectivity index (χ1) is 7.27. The normalized spacial score (nSPS) is 14.9. The molecule has 0 heterocycles. The van der Waals surface area contributed by atoms with E-state index < -0.39 is 0 Å². The highest BCUT2D eigenvalue weighted by Crippen LogP contribution is 2.18. The summed E-state index contributed by atoms with van der Waals surface area (Å²) in [7, 11) is 0. The van der Waals surface area contributed by atoms with E-state index in [0.717, 1.165) is 18.8 Å². The number of benzene rings is 1. The van der Waals surface area contributed by atoms with Crippen LogP contribution in [0.15, 0.2) is 30.3 Å². The van der Waals surface area contributed by atoms with Gasteiger partial charge in [0.2, 0.25) is 0 Å². The fraction of sp³-hybridized carbons (Fsp3) is 0.538. The summed E-state index contributed by atoms with van der Waals surface area (Å²) in [4.78, 5) is 0. The molecule has 0 aliphatic rings. The maximum atomic E-state index is 5.82. The molecular formula is C13H20OS. The first kappa shape index (κ1) is 12.6. The molecule has 2 unspecified atom stereocenters. The Bertz CT molecular complexity index is 256. The van der Waals surface area contributed by atoms with Gasteiger partial charge >= 0.3 is 0 Å². The maximum Gasteiger partial charge on any atom is 0.0796 e. The van der Waals surface area contributed by atoms with Crippen molar-refractivity contribution < 1.29 is 4.74 Å². The van der Waals surface area contributed by atoms with Crippen LogP contribution in [0.2, 0.25) is 0 Å². The number of ether oxygens (including phenoxy) is 1. The summed E-state index contributed by atoms with van der Waals surface area (Å²) in [5.41, 5.74) is 1.24. The van der Waals surface area contributed by atoms with Crippen molar-refractivity contribution in [1.82, 2.24) is 0 Å². The first-order valence-corrected chi connectivity index (χ1v) is 6.18. The Morgan fingerprint density at radius 1 is 1.27 bits per heavy atom. The molecule has 1 rings (SSSR count). The lowest BCUT2D eigenvalue weighted by Gasteiger charge is -2.17. The molecule has 0 fully saturated rings. The predicted molar refractivity (Wildman–Crippen MR) is 68.4 cm³/mol. The number of hydrogen-bond donors (Lipinski definition) is 1. The minimum absolute atomic E-state index is 0.181. The van der Waals surface area contributed by atoms with Gasteiger partial charge in [-0.15, -0.1) is 0 Å². The molecule has 15 heavy (non-hydrogen) atoms. The van der Waals surface area contributed by atoms with Crippen molar-refractivity contribution in [2.45, 2.75) is 26.4 Å². The second-order valence-electron chi connectivity index (χ2n) is 3.84. The van der Waals surface area contributed by atoms with Crippen LogP contribution >= 0.6 is 12.6 Å². The van der Waals surface area contributed by atoms with Gasteiger partial charge in [-0.05, 0) is 24.2 Å². The van der Waals surface area contributed by atoms with Crippen molar-refractivity contribution in [2.24, 2.45) is 5.92 Å². The molecule has 84 valence electrons. The summed E-state index contributed by atoms with van der Waals surface area (Å²) in [5, 5.41) is 0. The van der Waals surface area contributed by atoms with Gasteiger partial charge in [0.05, 0.1) is 12.7 Å². The SMILES string of the molecule is CCC(CS)COC(C)c1ccccc1. The average molecular weight is 224 g/mol. The van der Waals surface area contributed by atoms with Crippen LogP contribution in [0.1, 0.15) is 31.9 Å². The van der Waals surface area contributed by atoms with Crippen LogP contribution < -0.4 is 0 Å². The van der Waals surface area contributed by atoms with E-state index in [-0.39, 0.29) is 6.10 Å². The summed E-state index contributed by atoms with van der Waals surface area (Å²) in [5.74, 6) is 1.47. The van der Waals surface area contributed by atoms with E-state index in [1.807, 2.05) is 18.2 Å². The van der Waals surface area contributed by atoms with Gasteiger partial charge in [0.15, 0.2) is 0 Å². The maximum absolute atomic E-state index is 5.82. The zero-order valence-corrected chi connectivity index (χ0v) is 10.4. The number of thiol groups is 1. The Morgan fingerprint density at radius 2 is 1.93 bits per heavy atom. The quantitative estimate of drug-likeness (QED) is 0.725. The Balaban J connectivity index is 2.39. The van der Waals surface area contributed by atoms with Crippen molar-refractivity contribution in [3.8, 4) is 0 Å². The van der Waals surface area contributed by atoms with Crippen molar-refractivity contribution in [3.63, 3.8) is 0 Å². The molecule has 0 bridgehead atoms. The molecular weight excluding hydrogens is 204 g/mol. The summed E-state index contributed by atoms with van der Waals surface area (Å²) >= 11 is 4.31. The summed E-state index contributed by atoms with van der Waals surface area (Å²) in [6, 6.07) is 10.3. The van der Waals surface area contributed by atoms with E-state index in [1.54, 1.807) is 0 Å². The Hall–Kier alpha value is -0.470.